The van der Waals surface area contributed by atoms with Gasteiger partial charge in [0, 0.05) is 12.5 Å². The molecule has 7 heteroatoms. The number of halogens is 2. The number of oxazole rings is 1. The summed E-state index contributed by atoms with van der Waals surface area (Å²) < 4.78 is 32.1. The Hall–Kier alpha value is -2.44. The van der Waals surface area contributed by atoms with Gasteiger partial charge in [0.1, 0.15) is 23.9 Å². The maximum absolute atomic E-state index is 13.5. The summed E-state index contributed by atoms with van der Waals surface area (Å²) >= 11 is 0. The summed E-state index contributed by atoms with van der Waals surface area (Å²) in [4.78, 5) is 8.34. The smallest absolute Gasteiger partial charge is 0.194 e. The first kappa shape index (κ1) is 15.9. The lowest BCUT2D eigenvalue weighted by Crippen LogP contribution is -2.23. The minimum Gasteiger partial charge on any atom is -0.443 e. The molecule has 0 amide bonds. The number of hydrogen-bond donors (Lipinski definition) is 2. The Labute approximate surface area is 127 Å². The zero-order valence-electron chi connectivity index (χ0n) is 12.5. The second-order valence-electron chi connectivity index (χ2n) is 4.82. The van der Waals surface area contributed by atoms with Gasteiger partial charge in [0.25, 0.3) is 0 Å². The van der Waals surface area contributed by atoms with Crippen LogP contribution in [0.3, 0.4) is 0 Å². The fourth-order valence-corrected chi connectivity index (χ4v) is 1.88. The lowest BCUT2D eigenvalue weighted by molar-refractivity contribution is 0.453. The van der Waals surface area contributed by atoms with Gasteiger partial charge in [-0.2, -0.15) is 0 Å². The Kier molecular flexibility index (Phi) is 5.08. The van der Waals surface area contributed by atoms with E-state index in [2.05, 4.69) is 15.3 Å². The number of hydrogen-bond acceptors (Lipinski definition) is 3. The van der Waals surface area contributed by atoms with Gasteiger partial charge in [-0.1, -0.05) is 6.92 Å². The number of nitrogens with zero attached hydrogens (tertiary/aromatic N) is 2. The van der Waals surface area contributed by atoms with Gasteiger partial charge in [-0.05, 0) is 25.5 Å². The number of nitrogens with two attached hydrogens (primary N) is 1. The van der Waals surface area contributed by atoms with Gasteiger partial charge >= 0.3 is 0 Å². The third-order valence-corrected chi connectivity index (χ3v) is 2.98. The molecule has 0 atom stereocenters. The molecule has 1 aromatic heterocycles. The minimum absolute atomic E-state index is 0.0302. The second kappa shape index (κ2) is 7.02. The lowest BCUT2D eigenvalue weighted by atomic mass is 10.3. The molecule has 2 rings (SSSR count). The zero-order chi connectivity index (χ0) is 16.1. The van der Waals surface area contributed by atoms with Gasteiger partial charge in [-0.25, -0.2) is 18.8 Å². The molecule has 0 saturated heterocycles. The number of rotatable bonds is 5. The highest BCUT2D eigenvalue weighted by atomic mass is 19.1. The number of aliphatic imine (C=N–C) groups is 1. The first-order chi connectivity index (χ1) is 10.5. The van der Waals surface area contributed by atoms with E-state index in [-0.39, 0.29) is 18.2 Å². The summed E-state index contributed by atoms with van der Waals surface area (Å²) in [6.07, 6.45) is 1.69. The third kappa shape index (κ3) is 4.03. The molecule has 5 nitrogen and oxygen atoms in total. The average Bonchev–Trinajstić information content (AvgIpc) is 2.81. The maximum Gasteiger partial charge on any atom is 0.194 e. The molecule has 0 aliphatic carbocycles. The van der Waals surface area contributed by atoms with Crippen LogP contribution in [0, 0.1) is 18.6 Å². The molecule has 118 valence electrons. The van der Waals surface area contributed by atoms with Crippen molar-refractivity contribution in [2.75, 3.05) is 5.32 Å². The van der Waals surface area contributed by atoms with Crippen LogP contribution in [0.15, 0.2) is 27.6 Å². The third-order valence-electron chi connectivity index (χ3n) is 2.98. The van der Waals surface area contributed by atoms with Crippen LogP contribution >= 0.6 is 0 Å². The molecular formula is C15H18F2N4O. The van der Waals surface area contributed by atoms with Crippen molar-refractivity contribution >= 4 is 11.6 Å². The predicted octanol–water partition coefficient (Wildman–Crippen LogP) is 3.14. The Morgan fingerprint density at radius 2 is 2.18 bits per heavy atom. The van der Waals surface area contributed by atoms with Crippen molar-refractivity contribution in [2.45, 2.75) is 33.2 Å². The highest BCUT2D eigenvalue weighted by Gasteiger charge is 2.09. The fourth-order valence-electron chi connectivity index (χ4n) is 1.88. The first-order valence-corrected chi connectivity index (χ1v) is 6.96. The number of anilines is 1. The van der Waals surface area contributed by atoms with Crippen LogP contribution in [0.5, 0.6) is 0 Å². The molecule has 0 spiro atoms. The quantitative estimate of drug-likeness (QED) is 0.657. The largest absolute Gasteiger partial charge is 0.443 e. The lowest BCUT2D eigenvalue weighted by Gasteiger charge is -2.06. The summed E-state index contributed by atoms with van der Waals surface area (Å²) in [5.41, 5.74) is 6.36. The van der Waals surface area contributed by atoms with Gasteiger partial charge in [0.05, 0.1) is 11.4 Å². The van der Waals surface area contributed by atoms with Crippen LogP contribution in [0.2, 0.25) is 0 Å². The molecule has 0 bridgehead atoms. The SMILES string of the molecule is CCCc1nc(C)c(CN=C(N)Nc2cc(F)ccc2F)o1. The van der Waals surface area contributed by atoms with Crippen molar-refractivity contribution in [3.63, 3.8) is 0 Å². The standard InChI is InChI=1S/C15H18F2N4O/c1-3-4-14-20-9(2)13(22-14)8-19-15(18)21-12-7-10(16)5-6-11(12)17/h5-7H,3-4,8H2,1-2H3,(H3,18,19,21). The first-order valence-electron chi connectivity index (χ1n) is 6.96. The number of guanidine groups is 1. The van der Waals surface area contributed by atoms with Crippen molar-refractivity contribution < 1.29 is 13.2 Å². The van der Waals surface area contributed by atoms with Crippen LogP contribution in [0.25, 0.3) is 0 Å². The van der Waals surface area contributed by atoms with Crippen LogP contribution in [0.4, 0.5) is 14.5 Å². The number of nitrogens with one attached hydrogen (secondary N) is 1. The molecule has 0 radical (unpaired) electrons. The number of benzene rings is 1. The monoisotopic (exact) mass is 308 g/mol. The van der Waals surface area contributed by atoms with Crippen LogP contribution in [-0.4, -0.2) is 10.9 Å². The van der Waals surface area contributed by atoms with Gasteiger partial charge in [-0.3, -0.25) is 0 Å². The van der Waals surface area contributed by atoms with Gasteiger partial charge < -0.3 is 15.5 Å². The van der Waals surface area contributed by atoms with Crippen molar-refractivity contribution in [3.8, 4) is 0 Å². The number of aryl methyl sites for hydroxylation is 2. The summed E-state index contributed by atoms with van der Waals surface area (Å²) in [6, 6.07) is 3.06. The molecular weight excluding hydrogens is 290 g/mol. The van der Waals surface area contributed by atoms with E-state index in [0.29, 0.717) is 11.7 Å². The Bertz CT molecular complexity index is 682. The molecule has 0 aliphatic rings. The average molecular weight is 308 g/mol. The highest BCUT2D eigenvalue weighted by Crippen LogP contribution is 2.16. The summed E-state index contributed by atoms with van der Waals surface area (Å²) in [7, 11) is 0. The summed E-state index contributed by atoms with van der Waals surface area (Å²) in [6.45, 7) is 4.04. The molecule has 0 aliphatic heterocycles. The molecule has 0 fully saturated rings. The second-order valence-corrected chi connectivity index (χ2v) is 4.82. The Balaban J connectivity index is 2.05. The molecule has 22 heavy (non-hydrogen) atoms. The summed E-state index contributed by atoms with van der Waals surface area (Å²) in [5.74, 6) is 0.0609. The Morgan fingerprint density at radius 3 is 2.91 bits per heavy atom. The van der Waals surface area contributed by atoms with E-state index in [4.69, 9.17) is 10.2 Å². The van der Waals surface area contributed by atoms with Gasteiger partial charge in [-0.15, -0.1) is 0 Å². The van der Waals surface area contributed by atoms with E-state index in [1.165, 1.54) is 0 Å². The van der Waals surface area contributed by atoms with Gasteiger partial charge in [0.2, 0.25) is 0 Å². The highest BCUT2D eigenvalue weighted by molar-refractivity contribution is 5.92. The van der Waals surface area contributed by atoms with E-state index in [9.17, 15) is 8.78 Å². The van der Waals surface area contributed by atoms with Gasteiger partial charge in [0.15, 0.2) is 11.9 Å². The van der Waals surface area contributed by atoms with Crippen molar-refractivity contribution in [1.82, 2.24) is 4.98 Å². The maximum atomic E-state index is 13.5. The Morgan fingerprint density at radius 1 is 1.41 bits per heavy atom. The fraction of sp³-hybridized carbons (Fsp3) is 0.333. The van der Waals surface area contributed by atoms with E-state index >= 15 is 0 Å². The number of aromatic nitrogens is 1. The van der Waals surface area contributed by atoms with Crippen molar-refractivity contribution in [3.05, 3.63) is 47.2 Å². The molecule has 1 heterocycles. The van der Waals surface area contributed by atoms with Crippen molar-refractivity contribution in [1.29, 1.82) is 0 Å². The van der Waals surface area contributed by atoms with Crippen molar-refractivity contribution in [2.24, 2.45) is 10.7 Å². The van der Waals surface area contributed by atoms with Crippen LogP contribution < -0.4 is 11.1 Å². The topological polar surface area (TPSA) is 76.4 Å². The van der Waals surface area contributed by atoms with E-state index in [1.807, 2.05) is 13.8 Å². The zero-order valence-corrected chi connectivity index (χ0v) is 12.5. The van der Waals surface area contributed by atoms with E-state index in [0.717, 1.165) is 36.7 Å². The molecule has 0 saturated carbocycles. The molecule has 1 aromatic carbocycles. The van der Waals surface area contributed by atoms with E-state index in [1.54, 1.807) is 0 Å². The van der Waals surface area contributed by atoms with Crippen LogP contribution in [-0.2, 0) is 13.0 Å². The normalized spacial score (nSPS) is 11.7. The molecule has 3 N–H and O–H groups in total. The molecule has 0 unspecified atom stereocenters. The predicted molar refractivity (Wildman–Crippen MR) is 80.5 cm³/mol. The van der Waals surface area contributed by atoms with E-state index < -0.39 is 11.6 Å². The minimum atomic E-state index is -0.611. The molecule has 2 aromatic rings. The summed E-state index contributed by atoms with van der Waals surface area (Å²) in [5, 5.41) is 2.52. The van der Waals surface area contributed by atoms with Crippen LogP contribution in [0.1, 0.15) is 30.7 Å².